The van der Waals surface area contributed by atoms with Gasteiger partial charge in [0.2, 0.25) is 0 Å². The van der Waals surface area contributed by atoms with Gasteiger partial charge < -0.3 is 0 Å². The fourth-order valence-electron chi connectivity index (χ4n) is 3.80. The van der Waals surface area contributed by atoms with Crippen LogP contribution in [-0.2, 0) is 4.79 Å². The van der Waals surface area contributed by atoms with E-state index in [-0.39, 0.29) is 18.3 Å². The summed E-state index contributed by atoms with van der Waals surface area (Å²) in [5, 5.41) is 9.82. The van der Waals surface area contributed by atoms with Crippen molar-refractivity contribution >= 4 is 63.8 Å². The minimum Gasteiger partial charge on any atom is -0.277 e. The number of hydrogen-bond acceptors (Lipinski definition) is 4. The first-order valence-electron chi connectivity index (χ1n) is 11.2. The van der Waals surface area contributed by atoms with Crippen molar-refractivity contribution in [2.75, 3.05) is 11.4 Å². The highest BCUT2D eigenvalue weighted by molar-refractivity contribution is 7.99. The highest BCUT2D eigenvalue weighted by Crippen LogP contribution is 2.48. The standard InChI is InChI=1S/C28H20Cl2N4OS/c1-18-8-2-5-11-22(18)32-33-28(20-9-3-4-10-21(20)30)31-17-27(35)34-23-12-6-7-13-25(23)36-26-15-14-19(29)16-24(26)34/h2-16H,17H2,1H3. The number of carbonyl (C=O) groups is 1. The molecular formula is C28H20Cl2N4OS. The topological polar surface area (TPSA) is 57.4 Å². The summed E-state index contributed by atoms with van der Waals surface area (Å²) in [4.78, 5) is 21.8. The number of anilines is 2. The number of halogens is 2. The van der Waals surface area contributed by atoms with Gasteiger partial charge in [0.15, 0.2) is 5.84 Å². The molecule has 0 bridgehead atoms. The smallest absolute Gasteiger partial charge is 0.253 e. The molecule has 1 heterocycles. The lowest BCUT2D eigenvalue weighted by Crippen LogP contribution is -2.30. The fraction of sp³-hybridized carbons (Fsp3) is 0.0714. The third kappa shape index (κ3) is 5.07. The molecule has 0 aliphatic carbocycles. The van der Waals surface area contributed by atoms with Crippen molar-refractivity contribution in [3.05, 3.63) is 112 Å². The highest BCUT2D eigenvalue weighted by atomic mass is 35.5. The van der Waals surface area contributed by atoms with E-state index in [2.05, 4.69) is 15.2 Å². The Balaban J connectivity index is 1.52. The molecule has 0 radical (unpaired) electrons. The number of fused-ring (bicyclic) bond motifs is 2. The van der Waals surface area contributed by atoms with Gasteiger partial charge in [0.25, 0.3) is 5.91 Å². The number of aryl methyl sites for hydroxylation is 1. The number of hydrogen-bond donors (Lipinski definition) is 0. The second-order valence-corrected chi connectivity index (χ2v) is 9.94. The van der Waals surface area contributed by atoms with Crippen LogP contribution in [0, 0.1) is 6.92 Å². The average molecular weight is 531 g/mol. The first-order chi connectivity index (χ1) is 17.5. The van der Waals surface area contributed by atoms with Gasteiger partial charge in [0.1, 0.15) is 6.54 Å². The molecule has 1 aliphatic heterocycles. The maximum absolute atomic E-state index is 13.6. The van der Waals surface area contributed by atoms with Crippen molar-refractivity contribution in [2.45, 2.75) is 16.7 Å². The maximum atomic E-state index is 13.6. The van der Waals surface area contributed by atoms with Gasteiger partial charge in [-0.05, 0) is 61.0 Å². The Morgan fingerprint density at radius 3 is 2.42 bits per heavy atom. The molecule has 0 spiro atoms. The monoisotopic (exact) mass is 530 g/mol. The number of rotatable bonds is 4. The van der Waals surface area contributed by atoms with Gasteiger partial charge in [-0.15, -0.1) is 10.2 Å². The molecule has 0 saturated carbocycles. The first-order valence-corrected chi connectivity index (χ1v) is 12.7. The fourth-order valence-corrected chi connectivity index (χ4v) is 5.22. The van der Waals surface area contributed by atoms with Gasteiger partial charge in [-0.3, -0.25) is 14.7 Å². The predicted molar refractivity (Wildman–Crippen MR) is 148 cm³/mol. The summed E-state index contributed by atoms with van der Waals surface area (Å²) in [5.41, 5.74) is 3.81. The van der Waals surface area contributed by atoms with E-state index in [1.165, 1.54) is 0 Å². The second kappa shape index (κ2) is 10.7. The quantitative estimate of drug-likeness (QED) is 0.150. The summed E-state index contributed by atoms with van der Waals surface area (Å²) < 4.78 is 0. The van der Waals surface area contributed by atoms with Crippen LogP contribution >= 0.6 is 35.0 Å². The van der Waals surface area contributed by atoms with E-state index >= 15 is 0 Å². The van der Waals surface area contributed by atoms with E-state index in [0.29, 0.717) is 21.3 Å². The first kappa shape index (κ1) is 24.3. The molecule has 0 aromatic heterocycles. The van der Waals surface area contributed by atoms with Crippen molar-refractivity contribution in [1.29, 1.82) is 0 Å². The van der Waals surface area contributed by atoms with Gasteiger partial charge in [-0.1, -0.05) is 77.4 Å². The van der Waals surface area contributed by atoms with Crippen LogP contribution in [0.3, 0.4) is 0 Å². The molecule has 0 fully saturated rings. The van der Waals surface area contributed by atoms with Crippen molar-refractivity contribution < 1.29 is 4.79 Å². The largest absolute Gasteiger partial charge is 0.277 e. The molecule has 5 nitrogen and oxygen atoms in total. The molecule has 0 N–H and O–H groups in total. The molecule has 36 heavy (non-hydrogen) atoms. The number of para-hydroxylation sites is 1. The minimum absolute atomic E-state index is 0.154. The molecule has 0 atom stereocenters. The van der Waals surface area contributed by atoms with E-state index in [1.54, 1.807) is 28.8 Å². The summed E-state index contributed by atoms with van der Waals surface area (Å²) in [6.07, 6.45) is 0. The lowest BCUT2D eigenvalue weighted by molar-refractivity contribution is -0.116. The van der Waals surface area contributed by atoms with E-state index < -0.39 is 0 Å². The van der Waals surface area contributed by atoms with E-state index in [1.807, 2.05) is 85.8 Å². The SMILES string of the molecule is Cc1ccccc1N=NC(=NCC(=O)N1c2ccccc2Sc2ccc(Cl)cc21)c1ccccc1Cl. The van der Waals surface area contributed by atoms with E-state index in [9.17, 15) is 4.79 Å². The lowest BCUT2D eigenvalue weighted by Gasteiger charge is -2.30. The molecule has 4 aromatic rings. The summed E-state index contributed by atoms with van der Waals surface area (Å²) in [5.74, 6) is 0.0603. The molecule has 1 amide bonds. The Bertz CT molecular complexity index is 1520. The zero-order chi connectivity index (χ0) is 25.1. The zero-order valence-electron chi connectivity index (χ0n) is 19.2. The number of carbonyl (C=O) groups excluding carboxylic acids is 1. The Hall–Kier alpha value is -3.45. The van der Waals surface area contributed by atoms with Crippen molar-refractivity contribution in [3.63, 3.8) is 0 Å². The third-order valence-corrected chi connectivity index (χ3v) is 7.28. The average Bonchev–Trinajstić information content (AvgIpc) is 2.88. The van der Waals surface area contributed by atoms with Gasteiger partial charge in [-0.2, -0.15) is 0 Å². The number of azo groups is 1. The Labute approximate surface area is 223 Å². The van der Waals surface area contributed by atoms with Crippen LogP contribution in [0.4, 0.5) is 17.1 Å². The summed E-state index contributed by atoms with van der Waals surface area (Å²) in [6.45, 7) is 1.80. The number of amidine groups is 1. The van der Waals surface area contributed by atoms with Crippen LogP contribution in [0.1, 0.15) is 11.1 Å². The maximum Gasteiger partial charge on any atom is 0.253 e. The number of benzene rings is 4. The second-order valence-electron chi connectivity index (χ2n) is 8.02. The summed E-state index contributed by atoms with van der Waals surface area (Å²) in [6, 6.07) is 28.2. The zero-order valence-corrected chi connectivity index (χ0v) is 21.6. The molecule has 1 aliphatic rings. The van der Waals surface area contributed by atoms with Crippen LogP contribution in [0.2, 0.25) is 10.0 Å². The lowest BCUT2D eigenvalue weighted by atomic mass is 10.2. The van der Waals surface area contributed by atoms with E-state index in [4.69, 9.17) is 23.2 Å². The van der Waals surface area contributed by atoms with Crippen molar-refractivity contribution in [2.24, 2.45) is 15.2 Å². The molecule has 4 aromatic carbocycles. The Morgan fingerprint density at radius 1 is 0.861 bits per heavy atom. The highest BCUT2D eigenvalue weighted by Gasteiger charge is 2.28. The van der Waals surface area contributed by atoms with Crippen LogP contribution in [0.15, 0.2) is 116 Å². The molecule has 178 valence electrons. The Morgan fingerprint density at radius 2 is 1.58 bits per heavy atom. The number of amides is 1. The molecular weight excluding hydrogens is 511 g/mol. The molecule has 0 saturated heterocycles. The summed E-state index contributed by atoms with van der Waals surface area (Å²) in [7, 11) is 0. The van der Waals surface area contributed by atoms with Crippen LogP contribution < -0.4 is 4.90 Å². The van der Waals surface area contributed by atoms with Crippen molar-refractivity contribution in [3.8, 4) is 0 Å². The van der Waals surface area contributed by atoms with Crippen LogP contribution in [0.25, 0.3) is 0 Å². The minimum atomic E-state index is -0.220. The third-order valence-electron chi connectivity index (χ3n) is 5.58. The summed E-state index contributed by atoms with van der Waals surface area (Å²) >= 11 is 14.3. The molecule has 8 heteroatoms. The number of nitrogens with zero attached hydrogens (tertiary/aromatic N) is 4. The molecule has 0 unspecified atom stereocenters. The van der Waals surface area contributed by atoms with Gasteiger partial charge in [0, 0.05) is 20.4 Å². The van der Waals surface area contributed by atoms with E-state index in [0.717, 1.165) is 26.7 Å². The molecule has 5 rings (SSSR count). The van der Waals surface area contributed by atoms with Gasteiger partial charge in [-0.25, -0.2) is 0 Å². The predicted octanol–water partition coefficient (Wildman–Crippen LogP) is 8.66. The normalized spacial score (nSPS) is 13.0. The van der Waals surface area contributed by atoms with Crippen LogP contribution in [0.5, 0.6) is 0 Å². The van der Waals surface area contributed by atoms with Gasteiger partial charge >= 0.3 is 0 Å². The Kier molecular flexibility index (Phi) is 7.18. The van der Waals surface area contributed by atoms with Gasteiger partial charge in [0.05, 0.1) is 22.1 Å². The van der Waals surface area contributed by atoms with Crippen LogP contribution in [-0.4, -0.2) is 18.3 Å². The number of aliphatic imine (C=N–C) groups is 1. The van der Waals surface area contributed by atoms with Crippen molar-refractivity contribution in [1.82, 2.24) is 0 Å².